The number of ketones is 1. The Morgan fingerprint density at radius 2 is 1.17 bits per heavy atom. The van der Waals surface area contributed by atoms with Gasteiger partial charge in [0.15, 0.2) is 5.78 Å². The van der Waals surface area contributed by atoms with Gasteiger partial charge in [0, 0.05) is 22.3 Å². The van der Waals surface area contributed by atoms with Gasteiger partial charge in [-0.1, -0.05) is 91.0 Å². The van der Waals surface area contributed by atoms with E-state index in [0.717, 1.165) is 0 Å². The second-order valence-corrected chi connectivity index (χ2v) is 6.80. The smallest absolute Gasteiger partial charge is 0.340 e. The van der Waals surface area contributed by atoms with Crippen LogP contribution in [-0.2, 0) is 0 Å². The van der Waals surface area contributed by atoms with E-state index in [1.54, 1.807) is 84.9 Å². The van der Waals surface area contributed by atoms with Crippen LogP contribution in [0.4, 0.5) is 0 Å². The fourth-order valence-electron chi connectivity index (χ4n) is 3.55. The lowest BCUT2D eigenvalue weighted by atomic mass is 9.86. The third-order valence-corrected chi connectivity index (χ3v) is 4.94. The lowest BCUT2D eigenvalue weighted by Crippen LogP contribution is -2.10. The van der Waals surface area contributed by atoms with Crippen LogP contribution < -0.4 is 0 Å². The highest BCUT2D eigenvalue weighted by atomic mass is 16.4. The van der Waals surface area contributed by atoms with E-state index in [4.69, 9.17) is 0 Å². The molecule has 30 heavy (non-hydrogen) atoms. The highest BCUT2D eigenvalue weighted by molar-refractivity contribution is 6.17. The zero-order valence-electron chi connectivity index (χ0n) is 15.9. The van der Waals surface area contributed by atoms with Crippen molar-refractivity contribution in [2.75, 3.05) is 0 Å². The van der Waals surface area contributed by atoms with Gasteiger partial charge in [-0.15, -0.1) is 0 Å². The molecule has 146 valence electrons. The number of hydrogen-bond donors (Lipinski definition) is 2. The Bertz CT molecular complexity index is 1210. The first kappa shape index (κ1) is 19.2. The quantitative estimate of drug-likeness (QED) is 0.429. The number of carbonyl (C=O) groups is 2. The van der Waals surface area contributed by atoms with Crippen molar-refractivity contribution in [2.24, 2.45) is 0 Å². The summed E-state index contributed by atoms with van der Waals surface area (Å²) in [5, 5.41) is 20.9. The molecule has 0 atom stereocenters. The van der Waals surface area contributed by atoms with Crippen molar-refractivity contribution in [3.8, 4) is 28.0 Å². The molecular formula is C26H18O4. The van der Waals surface area contributed by atoms with Crippen molar-refractivity contribution in [2.45, 2.75) is 0 Å². The molecule has 4 nitrogen and oxygen atoms in total. The number of benzene rings is 4. The van der Waals surface area contributed by atoms with E-state index in [1.165, 1.54) is 0 Å². The molecule has 0 aromatic heterocycles. The van der Waals surface area contributed by atoms with Crippen LogP contribution >= 0.6 is 0 Å². The Hall–Kier alpha value is -4.18. The van der Waals surface area contributed by atoms with Crippen LogP contribution in [-0.4, -0.2) is 22.0 Å². The van der Waals surface area contributed by atoms with Crippen LogP contribution in [0.15, 0.2) is 97.1 Å². The fourth-order valence-corrected chi connectivity index (χ4v) is 3.55. The summed E-state index contributed by atoms with van der Waals surface area (Å²) in [4.78, 5) is 25.7. The first-order valence-electron chi connectivity index (χ1n) is 9.41. The molecule has 4 aromatic rings. The molecule has 4 rings (SSSR count). The Morgan fingerprint density at radius 3 is 1.70 bits per heavy atom. The Morgan fingerprint density at radius 1 is 0.667 bits per heavy atom. The van der Waals surface area contributed by atoms with Gasteiger partial charge in [-0.25, -0.2) is 4.79 Å². The Labute approximate surface area is 173 Å². The van der Waals surface area contributed by atoms with E-state index in [0.29, 0.717) is 22.3 Å². The number of carbonyl (C=O) groups excluding carboxylic acids is 1. The average Bonchev–Trinajstić information content (AvgIpc) is 2.79. The van der Waals surface area contributed by atoms with Crippen LogP contribution in [0.2, 0.25) is 0 Å². The highest BCUT2D eigenvalue weighted by Crippen LogP contribution is 2.41. The molecule has 0 aliphatic heterocycles. The molecule has 2 N–H and O–H groups in total. The molecule has 0 aliphatic rings. The van der Waals surface area contributed by atoms with Crippen molar-refractivity contribution in [1.29, 1.82) is 0 Å². The summed E-state index contributed by atoms with van der Waals surface area (Å²) in [5.41, 5.74) is 2.04. The fraction of sp³-hybridized carbons (Fsp3) is 0. The summed E-state index contributed by atoms with van der Waals surface area (Å²) in [6, 6.07) is 28.0. The minimum atomic E-state index is -1.30. The van der Waals surface area contributed by atoms with E-state index in [2.05, 4.69) is 0 Å². The predicted octanol–water partition coefficient (Wildman–Crippen LogP) is 5.66. The van der Waals surface area contributed by atoms with Crippen molar-refractivity contribution >= 4 is 11.8 Å². The summed E-state index contributed by atoms with van der Waals surface area (Å²) < 4.78 is 0. The van der Waals surface area contributed by atoms with Crippen LogP contribution in [0.5, 0.6) is 5.75 Å². The van der Waals surface area contributed by atoms with Gasteiger partial charge < -0.3 is 10.2 Å². The van der Waals surface area contributed by atoms with E-state index in [1.807, 2.05) is 12.1 Å². The number of carboxylic acid groups (broad SMARTS) is 1. The first-order valence-corrected chi connectivity index (χ1v) is 9.41. The summed E-state index contributed by atoms with van der Waals surface area (Å²) >= 11 is 0. The van der Waals surface area contributed by atoms with Crippen LogP contribution in [0.25, 0.3) is 22.3 Å². The number of aromatic carboxylic acids is 1. The van der Waals surface area contributed by atoms with Crippen LogP contribution in [0.1, 0.15) is 26.3 Å². The van der Waals surface area contributed by atoms with Crippen LogP contribution in [0.3, 0.4) is 0 Å². The molecule has 0 unspecified atom stereocenters. The van der Waals surface area contributed by atoms with Gasteiger partial charge in [0.05, 0.1) is 0 Å². The minimum absolute atomic E-state index is 0.203. The molecule has 0 saturated heterocycles. The molecule has 4 heteroatoms. The summed E-state index contributed by atoms with van der Waals surface area (Å²) in [5.74, 6) is -1.97. The van der Waals surface area contributed by atoms with Crippen molar-refractivity contribution in [3.63, 3.8) is 0 Å². The first-order chi connectivity index (χ1) is 14.6. The normalized spacial score (nSPS) is 10.5. The van der Waals surface area contributed by atoms with Gasteiger partial charge in [-0.05, 0) is 17.2 Å². The molecule has 0 heterocycles. The second-order valence-electron chi connectivity index (χ2n) is 6.80. The lowest BCUT2D eigenvalue weighted by molar-refractivity contribution is 0.0694. The Balaban J connectivity index is 2.09. The van der Waals surface area contributed by atoms with Gasteiger partial charge >= 0.3 is 5.97 Å². The maximum atomic E-state index is 13.4. The summed E-state index contributed by atoms with van der Waals surface area (Å²) in [7, 11) is 0. The van der Waals surface area contributed by atoms with E-state index < -0.39 is 5.97 Å². The van der Waals surface area contributed by atoms with Gasteiger partial charge in [0.1, 0.15) is 11.3 Å². The minimum Gasteiger partial charge on any atom is -0.506 e. The van der Waals surface area contributed by atoms with Crippen molar-refractivity contribution in [1.82, 2.24) is 0 Å². The molecular weight excluding hydrogens is 376 g/mol. The second kappa shape index (κ2) is 8.05. The Kier molecular flexibility index (Phi) is 5.14. The number of phenols is 1. The third-order valence-electron chi connectivity index (χ3n) is 4.94. The topological polar surface area (TPSA) is 74.6 Å². The monoisotopic (exact) mass is 394 g/mol. The average molecular weight is 394 g/mol. The standard InChI is InChI=1S/C26H18O4/c27-24(19-14-8-3-9-15-19)21-16-20(17-10-4-1-5-11-17)25(28)23(26(29)30)22(21)18-12-6-2-7-13-18/h1-16,28H,(H,29,30). The maximum Gasteiger partial charge on any atom is 0.340 e. The van der Waals surface area contributed by atoms with Gasteiger partial charge in [0.2, 0.25) is 0 Å². The van der Waals surface area contributed by atoms with E-state index >= 15 is 0 Å². The molecule has 0 radical (unpaired) electrons. The molecule has 0 amide bonds. The molecule has 4 aromatic carbocycles. The van der Waals surface area contributed by atoms with E-state index in [9.17, 15) is 19.8 Å². The van der Waals surface area contributed by atoms with E-state index in [-0.39, 0.29) is 28.2 Å². The zero-order valence-corrected chi connectivity index (χ0v) is 15.9. The highest BCUT2D eigenvalue weighted by Gasteiger charge is 2.27. The summed E-state index contributed by atoms with van der Waals surface area (Å²) in [6.07, 6.45) is 0. The number of hydrogen-bond acceptors (Lipinski definition) is 3. The van der Waals surface area contributed by atoms with Gasteiger partial charge in [-0.2, -0.15) is 0 Å². The molecule has 0 saturated carbocycles. The molecule has 0 bridgehead atoms. The number of carboxylic acids is 1. The number of rotatable bonds is 5. The molecule has 0 fully saturated rings. The largest absolute Gasteiger partial charge is 0.506 e. The van der Waals surface area contributed by atoms with Gasteiger partial charge in [-0.3, -0.25) is 4.79 Å². The van der Waals surface area contributed by atoms with Crippen molar-refractivity contribution < 1.29 is 19.8 Å². The maximum absolute atomic E-state index is 13.4. The lowest BCUT2D eigenvalue weighted by Gasteiger charge is -2.17. The van der Waals surface area contributed by atoms with Crippen LogP contribution in [0, 0.1) is 0 Å². The predicted molar refractivity (Wildman–Crippen MR) is 116 cm³/mol. The zero-order chi connectivity index (χ0) is 21.1. The SMILES string of the molecule is O=C(c1ccccc1)c1cc(-c2ccccc2)c(O)c(C(=O)O)c1-c1ccccc1. The van der Waals surface area contributed by atoms with Crippen molar-refractivity contribution in [3.05, 3.63) is 114 Å². The molecule has 0 aliphatic carbocycles. The third kappa shape index (κ3) is 3.47. The van der Waals surface area contributed by atoms with Gasteiger partial charge in [0.25, 0.3) is 0 Å². The molecule has 0 spiro atoms. The number of aromatic hydroxyl groups is 1. The summed E-state index contributed by atoms with van der Waals surface area (Å²) in [6.45, 7) is 0.